The first kappa shape index (κ1) is 28.4. The van der Waals surface area contributed by atoms with Crippen LogP contribution < -0.4 is 15.4 Å². The monoisotopic (exact) mass is 543 g/mol. The van der Waals surface area contributed by atoms with Gasteiger partial charge < -0.3 is 20.5 Å². The van der Waals surface area contributed by atoms with Gasteiger partial charge in [0.2, 0.25) is 5.91 Å². The number of carbonyl (C=O) groups excluding carboxylic acids is 3. The lowest BCUT2D eigenvalue weighted by atomic mass is 9.72. The number of carboxylic acid groups (broad SMARTS) is 1. The molecule has 0 spiro atoms. The van der Waals surface area contributed by atoms with Crippen LogP contribution in [0, 0.1) is 5.41 Å². The number of rotatable bonds is 11. The number of benzene rings is 3. The van der Waals surface area contributed by atoms with Gasteiger partial charge in [0.25, 0.3) is 5.91 Å². The van der Waals surface area contributed by atoms with E-state index in [1.807, 2.05) is 44.2 Å². The molecular formula is C31H33N3O6. The molecule has 0 aromatic heterocycles. The summed E-state index contributed by atoms with van der Waals surface area (Å²) in [7, 11) is 0. The highest BCUT2D eigenvalue weighted by molar-refractivity contribution is 6.03. The van der Waals surface area contributed by atoms with E-state index in [2.05, 4.69) is 10.6 Å². The molecule has 1 aliphatic heterocycles. The molecule has 1 saturated heterocycles. The van der Waals surface area contributed by atoms with Crippen molar-refractivity contribution in [1.29, 1.82) is 0 Å². The first-order valence-corrected chi connectivity index (χ1v) is 13.3. The molecular weight excluding hydrogens is 510 g/mol. The Balaban J connectivity index is 1.43. The minimum atomic E-state index is -1.15. The third kappa shape index (κ3) is 5.98. The van der Waals surface area contributed by atoms with Crippen LogP contribution >= 0.6 is 0 Å². The van der Waals surface area contributed by atoms with Crippen molar-refractivity contribution in [3.8, 4) is 5.75 Å². The van der Waals surface area contributed by atoms with E-state index in [9.17, 15) is 24.3 Å². The Hall–Kier alpha value is -4.66. The van der Waals surface area contributed by atoms with Crippen molar-refractivity contribution in [2.24, 2.45) is 5.41 Å². The van der Waals surface area contributed by atoms with Gasteiger partial charge in [-0.05, 0) is 48.2 Å². The zero-order chi connectivity index (χ0) is 28.7. The molecule has 0 saturated carbocycles. The van der Waals surface area contributed by atoms with Gasteiger partial charge >= 0.3 is 12.0 Å². The fourth-order valence-corrected chi connectivity index (χ4v) is 4.86. The second-order valence-corrected chi connectivity index (χ2v) is 9.73. The first-order chi connectivity index (χ1) is 19.3. The molecule has 3 aromatic rings. The maximum absolute atomic E-state index is 13.1. The number of hydrogen-bond acceptors (Lipinski definition) is 5. The van der Waals surface area contributed by atoms with E-state index < -0.39 is 35.6 Å². The van der Waals surface area contributed by atoms with Crippen molar-refractivity contribution in [2.75, 3.05) is 0 Å². The third-order valence-electron chi connectivity index (χ3n) is 7.37. The smallest absolute Gasteiger partial charge is 0.327 e. The topological polar surface area (TPSA) is 125 Å². The van der Waals surface area contributed by atoms with Crippen LogP contribution in [-0.2, 0) is 22.6 Å². The van der Waals surface area contributed by atoms with Gasteiger partial charge in [0, 0.05) is 18.5 Å². The highest BCUT2D eigenvalue weighted by Gasteiger charge is 2.62. The number of β-lactam (4-membered cyclic amide) rings is 1. The van der Waals surface area contributed by atoms with Crippen molar-refractivity contribution in [2.45, 2.75) is 51.9 Å². The summed E-state index contributed by atoms with van der Waals surface area (Å²) in [5, 5.41) is 15.0. The van der Waals surface area contributed by atoms with E-state index in [4.69, 9.17) is 4.74 Å². The Morgan fingerprint density at radius 1 is 0.900 bits per heavy atom. The van der Waals surface area contributed by atoms with Gasteiger partial charge in [-0.1, -0.05) is 74.5 Å². The van der Waals surface area contributed by atoms with Crippen LogP contribution in [0.4, 0.5) is 4.79 Å². The fourth-order valence-electron chi connectivity index (χ4n) is 4.86. The number of carboxylic acids is 1. The van der Waals surface area contributed by atoms with Crippen molar-refractivity contribution in [3.05, 3.63) is 102 Å². The lowest BCUT2D eigenvalue weighted by molar-refractivity contribution is -0.190. The number of amides is 4. The molecule has 0 radical (unpaired) electrons. The predicted octanol–water partition coefficient (Wildman–Crippen LogP) is 4.38. The molecule has 0 bridgehead atoms. The van der Waals surface area contributed by atoms with E-state index in [1.54, 1.807) is 54.6 Å². The van der Waals surface area contributed by atoms with E-state index in [0.29, 0.717) is 29.7 Å². The summed E-state index contributed by atoms with van der Waals surface area (Å²) in [5.74, 6) is -1.45. The Labute approximate surface area is 233 Å². The second-order valence-electron chi connectivity index (χ2n) is 9.73. The molecule has 1 unspecified atom stereocenters. The molecule has 9 nitrogen and oxygen atoms in total. The van der Waals surface area contributed by atoms with Crippen LogP contribution in [0.2, 0.25) is 0 Å². The number of hydrogen-bond donors (Lipinski definition) is 3. The normalized spacial score (nSPS) is 16.4. The molecule has 1 fully saturated rings. The number of carbonyl (C=O) groups is 4. The summed E-state index contributed by atoms with van der Waals surface area (Å²) in [6.45, 7) is 4.08. The quantitative estimate of drug-likeness (QED) is 0.309. The van der Waals surface area contributed by atoms with Crippen LogP contribution in [0.15, 0.2) is 84.9 Å². The van der Waals surface area contributed by atoms with Crippen LogP contribution in [0.25, 0.3) is 0 Å². The molecule has 1 heterocycles. The van der Waals surface area contributed by atoms with Crippen molar-refractivity contribution in [1.82, 2.24) is 15.5 Å². The summed E-state index contributed by atoms with van der Waals surface area (Å²) in [6.07, 6.45) is 0.301. The Bertz CT molecular complexity index is 1340. The molecule has 3 aromatic carbocycles. The number of nitrogens with zero attached hydrogens (tertiary/aromatic N) is 1. The zero-order valence-electron chi connectivity index (χ0n) is 22.5. The van der Waals surface area contributed by atoms with E-state index in [1.165, 1.54) is 0 Å². The van der Waals surface area contributed by atoms with Gasteiger partial charge in [-0.25, -0.2) is 14.5 Å². The van der Waals surface area contributed by atoms with Gasteiger partial charge in [0.05, 0.1) is 0 Å². The molecule has 4 amide bonds. The van der Waals surface area contributed by atoms with Gasteiger partial charge in [0.1, 0.15) is 17.2 Å². The first-order valence-electron chi connectivity index (χ1n) is 13.3. The highest BCUT2D eigenvalue weighted by atomic mass is 16.5. The van der Waals surface area contributed by atoms with Gasteiger partial charge in [-0.2, -0.15) is 0 Å². The lowest BCUT2D eigenvalue weighted by Crippen LogP contribution is -2.73. The largest absolute Gasteiger partial charge is 0.480 e. The van der Waals surface area contributed by atoms with Gasteiger partial charge in [-0.15, -0.1) is 0 Å². The summed E-state index contributed by atoms with van der Waals surface area (Å²) in [4.78, 5) is 51.5. The van der Waals surface area contributed by atoms with Crippen LogP contribution in [0.5, 0.6) is 5.75 Å². The summed E-state index contributed by atoms with van der Waals surface area (Å²) in [6, 6.07) is 22.9. The van der Waals surface area contributed by atoms with Crippen molar-refractivity contribution >= 4 is 23.8 Å². The van der Waals surface area contributed by atoms with Crippen LogP contribution in [0.3, 0.4) is 0 Å². The van der Waals surface area contributed by atoms with E-state index >= 15 is 0 Å². The summed E-state index contributed by atoms with van der Waals surface area (Å²) >= 11 is 0. The molecule has 40 heavy (non-hydrogen) atoms. The molecule has 9 heteroatoms. The summed E-state index contributed by atoms with van der Waals surface area (Å²) in [5.41, 5.74) is 1.14. The number of aliphatic carboxylic acids is 1. The number of urea groups is 1. The molecule has 4 rings (SSSR count). The molecule has 2 atom stereocenters. The zero-order valence-corrected chi connectivity index (χ0v) is 22.5. The SMILES string of the molecule is CCC1(CC)C(=O)N(C(=O)NCc2ccccc2)C1Oc1ccc(C[C@H](NC(=O)c2ccccc2)C(=O)O)cc1. The van der Waals surface area contributed by atoms with Gasteiger partial charge in [0.15, 0.2) is 6.23 Å². The maximum Gasteiger partial charge on any atom is 0.327 e. The number of ether oxygens (including phenoxy) is 1. The third-order valence-corrected chi connectivity index (χ3v) is 7.37. The Morgan fingerprint density at radius 2 is 1.50 bits per heavy atom. The molecule has 3 N–H and O–H groups in total. The van der Waals surface area contributed by atoms with Crippen molar-refractivity contribution < 1.29 is 29.0 Å². The van der Waals surface area contributed by atoms with E-state index in [-0.39, 0.29) is 18.9 Å². The minimum absolute atomic E-state index is 0.0674. The maximum atomic E-state index is 13.1. The average Bonchev–Trinajstić information content (AvgIpc) is 2.98. The molecule has 1 aliphatic rings. The highest BCUT2D eigenvalue weighted by Crippen LogP contribution is 2.46. The minimum Gasteiger partial charge on any atom is -0.480 e. The Kier molecular flexibility index (Phi) is 8.83. The number of imide groups is 1. The fraction of sp³-hybridized carbons (Fsp3) is 0.290. The summed E-state index contributed by atoms with van der Waals surface area (Å²) < 4.78 is 6.19. The number of nitrogens with one attached hydrogen (secondary N) is 2. The van der Waals surface area contributed by atoms with Gasteiger partial charge in [-0.3, -0.25) is 9.59 Å². The average molecular weight is 544 g/mol. The molecule has 0 aliphatic carbocycles. The Morgan fingerprint density at radius 3 is 2.08 bits per heavy atom. The number of likely N-dealkylation sites (tertiary alicyclic amines) is 1. The second kappa shape index (κ2) is 12.5. The lowest BCUT2D eigenvalue weighted by Gasteiger charge is -2.53. The van der Waals surface area contributed by atoms with E-state index in [0.717, 1.165) is 10.5 Å². The molecule has 208 valence electrons. The van der Waals surface area contributed by atoms with Crippen LogP contribution in [0.1, 0.15) is 48.2 Å². The van der Waals surface area contributed by atoms with Crippen LogP contribution in [-0.4, -0.2) is 46.1 Å². The standard InChI is InChI=1S/C31H33N3O6/c1-3-31(4-2)28(38)34(30(39)32-20-22-11-7-5-8-12-22)29(31)40-24-17-15-21(16-18-24)19-25(27(36)37)33-26(35)23-13-9-6-10-14-23/h5-18,25,29H,3-4,19-20H2,1-2H3,(H,32,39)(H,33,35)(H,36,37)/t25-,29?/m0/s1. The van der Waals surface area contributed by atoms with Crippen molar-refractivity contribution in [3.63, 3.8) is 0 Å². The predicted molar refractivity (Wildman–Crippen MR) is 148 cm³/mol.